The van der Waals surface area contributed by atoms with Gasteiger partial charge in [-0.3, -0.25) is 4.79 Å². The molecule has 0 aliphatic heterocycles. The van der Waals surface area contributed by atoms with Crippen LogP contribution in [0.2, 0.25) is 0 Å². The minimum atomic E-state index is -0.837. The van der Waals surface area contributed by atoms with Crippen molar-refractivity contribution in [2.75, 3.05) is 6.61 Å². The van der Waals surface area contributed by atoms with E-state index in [-0.39, 0.29) is 5.92 Å². The number of rotatable bonds is 5. The van der Waals surface area contributed by atoms with Crippen LogP contribution < -0.4 is 4.74 Å². The number of carboxylic acid groups (broad SMARTS) is 1. The summed E-state index contributed by atoms with van der Waals surface area (Å²) in [5.41, 5.74) is 1.33. The Morgan fingerprint density at radius 2 is 2.16 bits per heavy atom. The average molecular weight is 263 g/mol. The average Bonchev–Trinajstić information content (AvgIpc) is 2.80. The number of nitrogens with one attached hydrogen (secondary N) is 1. The number of hydrogen-bond donors (Lipinski definition) is 2. The van der Waals surface area contributed by atoms with Gasteiger partial charge in [-0.2, -0.15) is 4.98 Å². The molecule has 0 saturated carbocycles. The fourth-order valence-electron chi connectivity index (χ4n) is 1.79. The molecule has 0 spiro atoms. The Hall–Kier alpha value is -2.11. The van der Waals surface area contributed by atoms with Gasteiger partial charge in [0.2, 0.25) is 5.88 Å². The number of ether oxygens (including phenoxy) is 1. The first-order valence-corrected chi connectivity index (χ1v) is 6.25. The summed E-state index contributed by atoms with van der Waals surface area (Å²) in [6.07, 6.45) is 0. The highest BCUT2D eigenvalue weighted by Gasteiger charge is 2.23. The van der Waals surface area contributed by atoms with Crippen molar-refractivity contribution in [2.45, 2.75) is 26.7 Å². The zero-order valence-corrected chi connectivity index (χ0v) is 11.2. The molecule has 0 aliphatic rings. The first-order valence-electron chi connectivity index (χ1n) is 6.25. The van der Waals surface area contributed by atoms with Crippen LogP contribution in [0.15, 0.2) is 12.1 Å². The third-order valence-corrected chi connectivity index (χ3v) is 3.20. The second-order valence-electron chi connectivity index (χ2n) is 4.49. The molecule has 0 fully saturated rings. The van der Waals surface area contributed by atoms with Crippen molar-refractivity contribution in [2.24, 2.45) is 5.92 Å². The first-order chi connectivity index (χ1) is 9.02. The molecular formula is C13H17N3O3. The lowest BCUT2D eigenvalue weighted by Crippen LogP contribution is -2.17. The van der Waals surface area contributed by atoms with Gasteiger partial charge >= 0.3 is 5.97 Å². The van der Waals surface area contributed by atoms with E-state index in [9.17, 15) is 4.79 Å². The van der Waals surface area contributed by atoms with E-state index in [1.807, 2.05) is 19.9 Å². The maximum absolute atomic E-state index is 11.0. The lowest BCUT2D eigenvalue weighted by atomic mass is 9.96. The molecule has 2 atom stereocenters. The highest BCUT2D eigenvalue weighted by Crippen LogP contribution is 2.24. The van der Waals surface area contributed by atoms with Gasteiger partial charge in [-0.05, 0) is 13.0 Å². The number of imidazole rings is 1. The number of carbonyl (C=O) groups is 1. The molecule has 0 saturated heterocycles. The van der Waals surface area contributed by atoms with Gasteiger partial charge in [0, 0.05) is 12.0 Å². The smallest absolute Gasteiger partial charge is 0.306 e. The number of aliphatic carboxylic acids is 1. The third kappa shape index (κ3) is 2.67. The number of aromatic nitrogens is 3. The number of fused-ring (bicyclic) bond motifs is 1. The van der Waals surface area contributed by atoms with E-state index >= 15 is 0 Å². The molecule has 6 nitrogen and oxygen atoms in total. The molecule has 2 aromatic heterocycles. The summed E-state index contributed by atoms with van der Waals surface area (Å²) in [5.74, 6) is -0.400. The molecule has 0 aromatic carbocycles. The molecule has 19 heavy (non-hydrogen) atoms. The van der Waals surface area contributed by atoms with Gasteiger partial charge in [-0.15, -0.1) is 0 Å². The lowest BCUT2D eigenvalue weighted by Gasteiger charge is -2.12. The SMILES string of the molecule is CCOc1ccc2[nH]c(C(C)C(C)C(=O)O)nc2n1. The minimum Gasteiger partial charge on any atom is -0.481 e. The molecule has 102 valence electrons. The summed E-state index contributed by atoms with van der Waals surface area (Å²) in [5, 5.41) is 9.03. The Balaban J connectivity index is 2.33. The number of aromatic amines is 1. The van der Waals surface area contributed by atoms with Crippen LogP contribution in [-0.4, -0.2) is 32.6 Å². The van der Waals surface area contributed by atoms with Crippen LogP contribution in [0.25, 0.3) is 11.2 Å². The number of H-pyrrole nitrogens is 1. The van der Waals surface area contributed by atoms with Crippen molar-refractivity contribution < 1.29 is 14.6 Å². The largest absolute Gasteiger partial charge is 0.481 e. The van der Waals surface area contributed by atoms with Crippen molar-refractivity contribution in [3.63, 3.8) is 0 Å². The predicted molar refractivity (Wildman–Crippen MR) is 70.3 cm³/mol. The zero-order chi connectivity index (χ0) is 14.0. The van der Waals surface area contributed by atoms with E-state index in [1.165, 1.54) is 0 Å². The highest BCUT2D eigenvalue weighted by molar-refractivity contribution is 5.73. The summed E-state index contributed by atoms with van der Waals surface area (Å²) in [7, 11) is 0. The fraction of sp³-hybridized carbons (Fsp3) is 0.462. The summed E-state index contributed by atoms with van der Waals surface area (Å²) < 4.78 is 5.31. The van der Waals surface area contributed by atoms with Gasteiger partial charge in [0.1, 0.15) is 5.82 Å². The van der Waals surface area contributed by atoms with Gasteiger partial charge in [0.25, 0.3) is 0 Å². The standard InChI is InChI=1S/C13H17N3O3/c1-4-19-10-6-5-9-12(15-10)16-11(14-9)7(2)8(3)13(17)18/h5-8H,4H2,1-3H3,(H,17,18)(H,14,15,16). The third-order valence-electron chi connectivity index (χ3n) is 3.20. The van der Waals surface area contributed by atoms with Crippen molar-refractivity contribution in [1.29, 1.82) is 0 Å². The Kier molecular flexibility index (Phi) is 3.69. The predicted octanol–water partition coefficient (Wildman–Crippen LogP) is 2.18. The Bertz CT molecular complexity index is 594. The van der Waals surface area contributed by atoms with Gasteiger partial charge < -0.3 is 14.8 Å². The van der Waals surface area contributed by atoms with Crippen molar-refractivity contribution in [3.8, 4) is 5.88 Å². The molecule has 2 aromatic rings. The lowest BCUT2D eigenvalue weighted by molar-refractivity contribution is -0.141. The summed E-state index contributed by atoms with van der Waals surface area (Å²) in [6, 6.07) is 3.60. The number of carboxylic acids is 1. The molecule has 2 rings (SSSR count). The maximum atomic E-state index is 11.0. The zero-order valence-electron chi connectivity index (χ0n) is 11.2. The second-order valence-corrected chi connectivity index (χ2v) is 4.49. The molecule has 0 amide bonds. The highest BCUT2D eigenvalue weighted by atomic mass is 16.5. The molecule has 2 N–H and O–H groups in total. The van der Waals surface area contributed by atoms with Crippen LogP contribution in [0.1, 0.15) is 32.5 Å². The molecule has 6 heteroatoms. The van der Waals surface area contributed by atoms with Crippen LogP contribution in [0.4, 0.5) is 0 Å². The van der Waals surface area contributed by atoms with Crippen molar-refractivity contribution in [3.05, 3.63) is 18.0 Å². The normalized spacial score (nSPS) is 14.3. The second kappa shape index (κ2) is 5.26. The quantitative estimate of drug-likeness (QED) is 0.863. The summed E-state index contributed by atoms with van der Waals surface area (Å²) >= 11 is 0. The van der Waals surface area contributed by atoms with Crippen LogP contribution in [-0.2, 0) is 4.79 Å². The van der Waals surface area contributed by atoms with E-state index < -0.39 is 11.9 Å². The van der Waals surface area contributed by atoms with E-state index in [0.717, 1.165) is 5.52 Å². The molecule has 2 heterocycles. The van der Waals surface area contributed by atoms with E-state index in [0.29, 0.717) is 24.0 Å². The van der Waals surface area contributed by atoms with Crippen LogP contribution in [0, 0.1) is 5.92 Å². The Labute approximate surface area is 110 Å². The molecule has 0 bridgehead atoms. The van der Waals surface area contributed by atoms with Crippen molar-refractivity contribution in [1.82, 2.24) is 15.0 Å². The Morgan fingerprint density at radius 1 is 1.42 bits per heavy atom. The van der Waals surface area contributed by atoms with Gasteiger partial charge in [-0.25, -0.2) is 4.98 Å². The first kappa shape index (κ1) is 13.3. The molecule has 0 radical (unpaired) electrons. The maximum Gasteiger partial charge on any atom is 0.306 e. The van der Waals surface area contributed by atoms with E-state index in [1.54, 1.807) is 13.0 Å². The molecule has 0 aliphatic carbocycles. The topological polar surface area (TPSA) is 88.1 Å². The van der Waals surface area contributed by atoms with Gasteiger partial charge in [0.15, 0.2) is 5.65 Å². The van der Waals surface area contributed by atoms with Crippen LogP contribution >= 0.6 is 0 Å². The van der Waals surface area contributed by atoms with E-state index in [4.69, 9.17) is 9.84 Å². The van der Waals surface area contributed by atoms with Gasteiger partial charge in [-0.1, -0.05) is 13.8 Å². The fourth-order valence-corrected chi connectivity index (χ4v) is 1.79. The molecule has 2 unspecified atom stereocenters. The number of nitrogens with zero attached hydrogens (tertiary/aromatic N) is 2. The monoisotopic (exact) mass is 263 g/mol. The van der Waals surface area contributed by atoms with Gasteiger partial charge in [0.05, 0.1) is 18.0 Å². The summed E-state index contributed by atoms with van der Waals surface area (Å²) in [4.78, 5) is 22.7. The van der Waals surface area contributed by atoms with Crippen molar-refractivity contribution >= 4 is 17.1 Å². The van der Waals surface area contributed by atoms with E-state index in [2.05, 4.69) is 15.0 Å². The number of pyridine rings is 1. The minimum absolute atomic E-state index is 0.206. The summed E-state index contributed by atoms with van der Waals surface area (Å²) in [6.45, 7) is 5.93. The Morgan fingerprint density at radius 3 is 2.79 bits per heavy atom. The van der Waals surface area contributed by atoms with Crippen LogP contribution in [0.5, 0.6) is 5.88 Å². The molecular weight excluding hydrogens is 246 g/mol. The van der Waals surface area contributed by atoms with Crippen LogP contribution in [0.3, 0.4) is 0 Å². The number of hydrogen-bond acceptors (Lipinski definition) is 4.